The molecule has 1 N–H and O–H groups in total. The molecule has 2 heterocycles. The highest BCUT2D eigenvalue weighted by Crippen LogP contribution is 2.60. The summed E-state index contributed by atoms with van der Waals surface area (Å²) in [6.45, 7) is 3.97. The summed E-state index contributed by atoms with van der Waals surface area (Å²) < 4.78 is 20.0. The predicted molar refractivity (Wildman–Crippen MR) is 107 cm³/mol. The van der Waals surface area contributed by atoms with Crippen molar-refractivity contribution in [2.24, 2.45) is 17.3 Å². The van der Waals surface area contributed by atoms with Crippen molar-refractivity contribution < 1.29 is 13.9 Å². The van der Waals surface area contributed by atoms with E-state index in [9.17, 15) is 9.18 Å². The van der Waals surface area contributed by atoms with Crippen LogP contribution in [0.25, 0.3) is 0 Å². The second-order valence-electron chi connectivity index (χ2n) is 7.66. The summed E-state index contributed by atoms with van der Waals surface area (Å²) in [6, 6.07) is 5.35. The van der Waals surface area contributed by atoms with Crippen LogP contribution in [0.2, 0.25) is 0 Å². The molecule has 2 aliphatic carbocycles. The Kier molecular flexibility index (Phi) is 5.13. The topological polar surface area (TPSA) is 77.0 Å². The van der Waals surface area contributed by atoms with Crippen LogP contribution in [-0.2, 0) is 4.79 Å². The molecule has 3 atom stereocenters. The van der Waals surface area contributed by atoms with Crippen molar-refractivity contribution in [2.45, 2.75) is 26.7 Å². The van der Waals surface area contributed by atoms with E-state index in [1.165, 1.54) is 6.08 Å². The number of allylic oxidation sites excluding steroid dienone is 4. The Bertz CT molecular complexity index is 976. The van der Waals surface area contributed by atoms with E-state index in [0.717, 1.165) is 5.69 Å². The number of aromatic nitrogens is 3. The number of halogens is 1. The molecule has 1 fully saturated rings. The van der Waals surface area contributed by atoms with E-state index in [2.05, 4.69) is 20.3 Å². The first-order valence-corrected chi connectivity index (χ1v) is 9.66. The van der Waals surface area contributed by atoms with Crippen molar-refractivity contribution >= 4 is 11.7 Å². The molecule has 6 nitrogen and oxygen atoms in total. The van der Waals surface area contributed by atoms with Gasteiger partial charge in [-0.1, -0.05) is 18.2 Å². The molecule has 1 amide bonds. The summed E-state index contributed by atoms with van der Waals surface area (Å²) in [7, 11) is 0. The van der Waals surface area contributed by atoms with E-state index in [1.807, 2.05) is 26.0 Å². The molecule has 2 aromatic heterocycles. The second-order valence-corrected chi connectivity index (χ2v) is 7.66. The predicted octanol–water partition coefficient (Wildman–Crippen LogP) is 3.94. The van der Waals surface area contributed by atoms with E-state index in [0.29, 0.717) is 30.4 Å². The van der Waals surface area contributed by atoms with Gasteiger partial charge in [0.15, 0.2) is 5.75 Å². The normalized spacial score (nSPS) is 25.3. The molecule has 2 aliphatic rings. The van der Waals surface area contributed by atoms with Gasteiger partial charge in [-0.05, 0) is 44.4 Å². The monoisotopic (exact) mass is 394 g/mol. The molecule has 2 aromatic rings. The van der Waals surface area contributed by atoms with Crippen LogP contribution >= 0.6 is 0 Å². The minimum absolute atomic E-state index is 0.112. The summed E-state index contributed by atoms with van der Waals surface area (Å²) in [5.74, 6) is 1.07. The molecule has 0 aliphatic heterocycles. The van der Waals surface area contributed by atoms with E-state index < -0.39 is 5.41 Å². The lowest BCUT2D eigenvalue weighted by Gasteiger charge is -2.27. The first-order valence-electron chi connectivity index (χ1n) is 9.66. The first kappa shape index (κ1) is 19.2. The molecule has 1 unspecified atom stereocenters. The maximum Gasteiger partial charge on any atom is 0.229 e. The Balaban J connectivity index is 1.52. The van der Waals surface area contributed by atoms with Gasteiger partial charge in [-0.15, -0.1) is 0 Å². The number of amides is 1. The van der Waals surface area contributed by atoms with Gasteiger partial charge in [0, 0.05) is 24.0 Å². The Morgan fingerprint density at radius 1 is 1.34 bits per heavy atom. The SMILES string of the molecule is Cc1ncc(OC[C@@]2(C3C=CC=C(F)C3)C[C@H]2C(=O)Nc2ccccn2)c(C)n1. The number of hydrogen-bond donors (Lipinski definition) is 1. The molecule has 1 saturated carbocycles. The van der Waals surface area contributed by atoms with Crippen LogP contribution in [0, 0.1) is 31.1 Å². The van der Waals surface area contributed by atoms with Gasteiger partial charge in [0.25, 0.3) is 0 Å². The number of hydrogen-bond acceptors (Lipinski definition) is 5. The molecule has 29 heavy (non-hydrogen) atoms. The van der Waals surface area contributed by atoms with Crippen LogP contribution in [0.15, 0.2) is 54.6 Å². The number of aryl methyl sites for hydroxylation is 2. The van der Waals surface area contributed by atoms with Gasteiger partial charge in [0.1, 0.15) is 17.5 Å². The van der Waals surface area contributed by atoms with Gasteiger partial charge in [-0.2, -0.15) is 0 Å². The van der Waals surface area contributed by atoms with Gasteiger partial charge in [-0.3, -0.25) is 4.79 Å². The summed E-state index contributed by atoms with van der Waals surface area (Å²) in [5.41, 5.74) is 0.270. The lowest BCUT2D eigenvalue weighted by atomic mass is 9.82. The molecule has 150 valence electrons. The summed E-state index contributed by atoms with van der Waals surface area (Å²) in [5, 5.41) is 2.86. The first-order chi connectivity index (χ1) is 14.0. The summed E-state index contributed by atoms with van der Waals surface area (Å²) in [4.78, 5) is 25.5. The number of carbonyl (C=O) groups excluding carboxylic acids is 1. The maximum absolute atomic E-state index is 14.0. The van der Waals surface area contributed by atoms with Gasteiger partial charge in [0.05, 0.1) is 18.5 Å². The zero-order valence-electron chi connectivity index (χ0n) is 16.4. The van der Waals surface area contributed by atoms with Crippen LogP contribution in [0.4, 0.5) is 10.2 Å². The van der Waals surface area contributed by atoms with Gasteiger partial charge in [0.2, 0.25) is 5.91 Å². The van der Waals surface area contributed by atoms with Crippen molar-refractivity contribution in [3.8, 4) is 5.75 Å². The molecule has 0 bridgehead atoms. The molecule has 0 radical (unpaired) electrons. The third-order valence-corrected chi connectivity index (χ3v) is 5.68. The highest BCUT2D eigenvalue weighted by Gasteiger charge is 2.62. The van der Waals surface area contributed by atoms with Crippen molar-refractivity contribution in [1.82, 2.24) is 15.0 Å². The third-order valence-electron chi connectivity index (χ3n) is 5.68. The van der Waals surface area contributed by atoms with Crippen molar-refractivity contribution in [3.05, 3.63) is 66.2 Å². The zero-order chi connectivity index (χ0) is 20.4. The van der Waals surface area contributed by atoms with Crippen LogP contribution in [0.1, 0.15) is 24.4 Å². The minimum atomic E-state index is -0.474. The molecular weight excluding hydrogens is 371 g/mol. The number of pyridine rings is 1. The number of nitrogens with one attached hydrogen (secondary N) is 1. The molecule has 4 rings (SSSR count). The second kappa shape index (κ2) is 7.73. The fourth-order valence-electron chi connectivity index (χ4n) is 3.96. The van der Waals surface area contributed by atoms with Gasteiger partial charge < -0.3 is 10.1 Å². The van der Waals surface area contributed by atoms with Crippen LogP contribution in [0.3, 0.4) is 0 Å². The van der Waals surface area contributed by atoms with E-state index in [-0.39, 0.29) is 30.0 Å². The summed E-state index contributed by atoms with van der Waals surface area (Å²) in [6.07, 6.45) is 9.33. The van der Waals surface area contributed by atoms with Crippen molar-refractivity contribution in [2.75, 3.05) is 11.9 Å². The van der Waals surface area contributed by atoms with E-state index in [1.54, 1.807) is 30.6 Å². The average molecular weight is 394 g/mol. The highest BCUT2D eigenvalue weighted by atomic mass is 19.1. The number of nitrogens with zero attached hydrogens (tertiary/aromatic N) is 3. The molecular formula is C22H23FN4O2. The Labute approximate surface area is 168 Å². The highest BCUT2D eigenvalue weighted by molar-refractivity contribution is 5.94. The Morgan fingerprint density at radius 2 is 2.21 bits per heavy atom. The van der Waals surface area contributed by atoms with Crippen molar-refractivity contribution in [3.63, 3.8) is 0 Å². The number of anilines is 1. The lowest BCUT2D eigenvalue weighted by molar-refractivity contribution is -0.118. The average Bonchev–Trinajstić information content (AvgIpc) is 3.44. The minimum Gasteiger partial charge on any atom is -0.489 e. The quantitative estimate of drug-likeness (QED) is 0.803. The fraction of sp³-hybridized carbons (Fsp3) is 0.364. The zero-order valence-corrected chi connectivity index (χ0v) is 16.4. The summed E-state index contributed by atoms with van der Waals surface area (Å²) >= 11 is 0. The van der Waals surface area contributed by atoms with Crippen LogP contribution in [0.5, 0.6) is 5.75 Å². The van der Waals surface area contributed by atoms with E-state index >= 15 is 0 Å². The standard InChI is InChI=1S/C22H23FN4O2/c1-14-19(12-25-15(2)26-14)29-13-22(16-6-5-7-17(23)10-16)11-18(22)21(28)27-20-8-3-4-9-24-20/h3-9,12,16,18H,10-11,13H2,1-2H3,(H,24,27,28)/t16?,18-,22+/m0/s1. The third kappa shape index (κ3) is 4.04. The van der Waals surface area contributed by atoms with Gasteiger partial charge in [-0.25, -0.2) is 19.3 Å². The fourth-order valence-corrected chi connectivity index (χ4v) is 3.96. The number of rotatable bonds is 6. The molecule has 0 aromatic carbocycles. The Hall–Kier alpha value is -3.09. The van der Waals surface area contributed by atoms with E-state index in [4.69, 9.17) is 4.74 Å². The van der Waals surface area contributed by atoms with Crippen molar-refractivity contribution in [1.29, 1.82) is 0 Å². The maximum atomic E-state index is 14.0. The Morgan fingerprint density at radius 3 is 2.93 bits per heavy atom. The number of ether oxygens (including phenoxy) is 1. The largest absolute Gasteiger partial charge is 0.489 e. The smallest absolute Gasteiger partial charge is 0.229 e. The molecule has 7 heteroatoms. The molecule has 0 spiro atoms. The van der Waals surface area contributed by atoms with Crippen LogP contribution in [-0.4, -0.2) is 27.5 Å². The number of carbonyl (C=O) groups is 1. The lowest BCUT2D eigenvalue weighted by Crippen LogP contribution is -2.30. The van der Waals surface area contributed by atoms with Crippen LogP contribution < -0.4 is 10.1 Å². The molecule has 0 saturated heterocycles. The van der Waals surface area contributed by atoms with Gasteiger partial charge >= 0.3 is 0 Å².